The van der Waals surface area contributed by atoms with Gasteiger partial charge in [-0.05, 0) is 68.7 Å². The number of imide groups is 1. The Balaban J connectivity index is 1.34. The van der Waals surface area contributed by atoms with Crippen LogP contribution in [-0.4, -0.2) is 83.4 Å². The molecule has 15 heteroatoms. The van der Waals surface area contributed by atoms with E-state index in [1.807, 2.05) is 0 Å². The van der Waals surface area contributed by atoms with Crippen molar-refractivity contribution in [2.45, 2.75) is 69.7 Å². The minimum Gasteiger partial charge on any atom is -0.493 e. The summed E-state index contributed by atoms with van der Waals surface area (Å²) in [5.41, 5.74) is -6.09. The van der Waals surface area contributed by atoms with Crippen LogP contribution in [0.5, 0.6) is 5.75 Å². The number of urea groups is 1. The van der Waals surface area contributed by atoms with Gasteiger partial charge in [0.25, 0.3) is 11.5 Å². The molecule has 2 aromatic rings. The van der Waals surface area contributed by atoms with Crippen molar-refractivity contribution in [3.8, 4) is 5.75 Å². The monoisotopic (exact) mass is 668 g/mol. The van der Waals surface area contributed by atoms with E-state index in [9.17, 15) is 45.8 Å². The molecule has 47 heavy (non-hydrogen) atoms. The lowest BCUT2D eigenvalue weighted by atomic mass is 9.89. The Labute approximate surface area is 266 Å². The first-order chi connectivity index (χ1) is 21.8. The number of hydrogen-bond acceptors (Lipinski definition) is 6. The molecule has 5 rings (SSSR count). The lowest BCUT2D eigenvalue weighted by Crippen LogP contribution is -2.60. The Kier molecular flexibility index (Phi) is 8.52. The molecule has 0 bridgehead atoms. The van der Waals surface area contributed by atoms with Crippen LogP contribution in [-0.2, 0) is 27.1 Å². The Morgan fingerprint density at radius 3 is 2.36 bits per heavy atom. The first kappa shape index (κ1) is 34.1. The van der Waals surface area contributed by atoms with Crippen molar-refractivity contribution < 1.29 is 50.6 Å². The van der Waals surface area contributed by atoms with E-state index in [0.29, 0.717) is 42.2 Å². The molecule has 3 heterocycles. The summed E-state index contributed by atoms with van der Waals surface area (Å²) in [5, 5.41) is 12.6. The molecule has 3 aliphatic rings. The number of nitrogens with one attached hydrogen (secondary N) is 1. The number of allylic oxidation sites excluding steroid dienone is 1. The van der Waals surface area contributed by atoms with Crippen molar-refractivity contribution in [1.82, 2.24) is 15.1 Å². The van der Waals surface area contributed by atoms with Gasteiger partial charge in [-0.15, -0.1) is 0 Å². The number of benzene rings is 2. The van der Waals surface area contributed by atoms with E-state index in [-0.39, 0.29) is 18.7 Å². The highest BCUT2D eigenvalue weighted by molar-refractivity contribution is 6.09. The van der Waals surface area contributed by atoms with Crippen LogP contribution in [0.25, 0.3) is 6.08 Å². The van der Waals surface area contributed by atoms with Crippen molar-refractivity contribution in [3.63, 3.8) is 0 Å². The molecule has 2 unspecified atom stereocenters. The Bertz CT molecular complexity index is 1610. The summed E-state index contributed by atoms with van der Waals surface area (Å²) < 4.78 is 87.0. The molecule has 2 fully saturated rings. The van der Waals surface area contributed by atoms with Crippen LogP contribution in [0.2, 0.25) is 0 Å². The summed E-state index contributed by atoms with van der Waals surface area (Å²) in [5.74, 6) is -0.396. The van der Waals surface area contributed by atoms with Gasteiger partial charge in [-0.25, -0.2) is 4.79 Å². The van der Waals surface area contributed by atoms with Gasteiger partial charge in [-0.3, -0.25) is 14.5 Å². The molecular formula is C32H34F6N4O5. The number of halogens is 6. The van der Waals surface area contributed by atoms with Gasteiger partial charge < -0.3 is 25.0 Å². The zero-order valence-electron chi connectivity index (χ0n) is 26.0. The van der Waals surface area contributed by atoms with Gasteiger partial charge in [-0.1, -0.05) is 24.3 Å². The normalized spacial score (nSPS) is 23.8. The summed E-state index contributed by atoms with van der Waals surface area (Å²) in [4.78, 5) is 44.1. The molecule has 4 amide bonds. The molecule has 9 nitrogen and oxygen atoms in total. The third-order valence-corrected chi connectivity index (χ3v) is 9.06. The molecule has 3 atom stereocenters. The number of fused-ring (bicyclic) bond motifs is 1. The van der Waals surface area contributed by atoms with E-state index in [0.717, 1.165) is 16.5 Å². The number of rotatable bonds is 6. The van der Waals surface area contributed by atoms with Gasteiger partial charge in [0, 0.05) is 42.8 Å². The van der Waals surface area contributed by atoms with E-state index in [4.69, 9.17) is 4.74 Å². The Morgan fingerprint density at radius 1 is 1.04 bits per heavy atom. The van der Waals surface area contributed by atoms with Crippen LogP contribution in [0, 0.1) is 0 Å². The third-order valence-electron chi connectivity index (χ3n) is 9.06. The molecule has 0 spiro atoms. The Hall–Kier alpha value is -4.27. The number of hydrogen-bond donors (Lipinski definition) is 2. The van der Waals surface area contributed by atoms with Crippen LogP contribution in [0.4, 0.5) is 36.8 Å². The highest BCUT2D eigenvalue weighted by Crippen LogP contribution is 2.50. The number of nitrogens with zero attached hydrogens (tertiary/aromatic N) is 3. The average molecular weight is 669 g/mol. The van der Waals surface area contributed by atoms with Gasteiger partial charge in [-0.2, -0.15) is 26.3 Å². The standard InChI is InChI=1S/C32H34F6N4O5/c1-5-6-20-13-23(30(46,31(33,34)35)32(36,37)38)7-9-24(20)40-15-19(3)41(16-18(40)2)26(43)17-42-27(44)29(4,39-28(42)45)22-8-10-25-21(14-22)11-12-47-25/h5-10,13-14,18-19,46H,11-12,15-17H2,1-4H3,(H,39,45)/t18?,19?,29-/m0/s1. The van der Waals surface area contributed by atoms with Crippen molar-refractivity contribution in [1.29, 1.82) is 0 Å². The number of aliphatic hydroxyl groups is 1. The number of anilines is 1. The summed E-state index contributed by atoms with van der Waals surface area (Å²) in [6.07, 6.45) is -8.62. The van der Waals surface area contributed by atoms with E-state index >= 15 is 0 Å². The predicted octanol–water partition coefficient (Wildman–Crippen LogP) is 4.86. The second kappa shape index (κ2) is 11.8. The maximum absolute atomic E-state index is 13.6. The van der Waals surface area contributed by atoms with Crippen molar-refractivity contribution in [2.75, 3.05) is 31.1 Å². The second-order valence-electron chi connectivity index (χ2n) is 12.2. The Morgan fingerprint density at radius 2 is 1.72 bits per heavy atom. The zero-order valence-corrected chi connectivity index (χ0v) is 26.0. The van der Waals surface area contributed by atoms with E-state index < -0.39 is 65.5 Å². The highest BCUT2D eigenvalue weighted by atomic mass is 19.4. The maximum Gasteiger partial charge on any atom is 0.430 e. The summed E-state index contributed by atoms with van der Waals surface area (Å²) in [7, 11) is 0. The van der Waals surface area contributed by atoms with Gasteiger partial charge in [0.1, 0.15) is 17.8 Å². The molecule has 0 radical (unpaired) electrons. The molecule has 3 aliphatic heterocycles. The number of alkyl halides is 6. The van der Waals surface area contributed by atoms with Gasteiger partial charge >= 0.3 is 18.4 Å². The maximum atomic E-state index is 13.6. The molecule has 2 saturated heterocycles. The summed E-state index contributed by atoms with van der Waals surface area (Å²) in [6, 6.07) is 5.85. The first-order valence-electron chi connectivity index (χ1n) is 14.9. The molecule has 2 N–H and O–H groups in total. The quantitative estimate of drug-likeness (QED) is 0.337. The molecule has 0 saturated carbocycles. The van der Waals surface area contributed by atoms with Crippen molar-refractivity contribution >= 4 is 29.6 Å². The van der Waals surface area contributed by atoms with Crippen LogP contribution >= 0.6 is 0 Å². The minimum atomic E-state index is -6.03. The number of piperazine rings is 1. The van der Waals surface area contributed by atoms with Crippen LogP contribution < -0.4 is 15.0 Å². The second-order valence-corrected chi connectivity index (χ2v) is 12.2. The van der Waals surface area contributed by atoms with Crippen LogP contribution in [0.1, 0.15) is 49.9 Å². The highest BCUT2D eigenvalue weighted by Gasteiger charge is 2.71. The zero-order chi connectivity index (χ0) is 34.7. The van der Waals surface area contributed by atoms with Crippen molar-refractivity contribution in [3.05, 3.63) is 64.7 Å². The number of carbonyl (C=O) groups is 3. The van der Waals surface area contributed by atoms with Gasteiger partial charge in [0.05, 0.1) is 6.61 Å². The third kappa shape index (κ3) is 5.68. The van der Waals surface area contributed by atoms with E-state index in [1.54, 1.807) is 50.8 Å². The lowest BCUT2D eigenvalue weighted by molar-refractivity contribution is -0.376. The first-order valence-corrected chi connectivity index (χ1v) is 14.9. The minimum absolute atomic E-state index is 0.00693. The largest absolute Gasteiger partial charge is 0.493 e. The molecule has 0 aromatic heterocycles. The molecule has 2 aromatic carbocycles. The van der Waals surface area contributed by atoms with Crippen LogP contribution in [0.3, 0.4) is 0 Å². The lowest BCUT2D eigenvalue weighted by Gasteiger charge is -2.46. The average Bonchev–Trinajstić information content (AvgIpc) is 3.55. The predicted molar refractivity (Wildman–Crippen MR) is 158 cm³/mol. The summed E-state index contributed by atoms with van der Waals surface area (Å²) >= 11 is 0. The van der Waals surface area contributed by atoms with Crippen LogP contribution in [0.15, 0.2) is 42.5 Å². The smallest absolute Gasteiger partial charge is 0.430 e. The molecular weight excluding hydrogens is 634 g/mol. The number of ether oxygens (including phenoxy) is 1. The molecule has 254 valence electrons. The fourth-order valence-corrected chi connectivity index (χ4v) is 6.41. The fourth-order valence-electron chi connectivity index (χ4n) is 6.41. The molecule has 0 aliphatic carbocycles. The van der Waals surface area contributed by atoms with E-state index in [1.165, 1.54) is 17.1 Å². The fraction of sp³-hybridized carbons (Fsp3) is 0.469. The number of carbonyl (C=O) groups excluding carboxylic acids is 3. The van der Waals surface area contributed by atoms with Gasteiger partial charge in [0.15, 0.2) is 0 Å². The van der Waals surface area contributed by atoms with Gasteiger partial charge in [0.2, 0.25) is 5.91 Å². The SMILES string of the molecule is CC=Cc1cc(C(O)(C(F)(F)F)C(F)(F)F)ccc1N1CC(C)N(C(=O)CN2C(=O)N[C@@](C)(c3ccc4c(c3)CCO4)C2=O)CC1C. The number of amides is 4. The topological polar surface area (TPSA) is 102 Å². The van der Waals surface area contributed by atoms with Crippen molar-refractivity contribution in [2.24, 2.45) is 0 Å². The van der Waals surface area contributed by atoms with E-state index in [2.05, 4.69) is 5.32 Å². The summed E-state index contributed by atoms with van der Waals surface area (Å²) in [6.45, 7) is 6.74.